The summed E-state index contributed by atoms with van der Waals surface area (Å²) in [6.07, 6.45) is 1.50. The predicted octanol–water partition coefficient (Wildman–Crippen LogP) is 3.07. The Morgan fingerprint density at radius 1 is 1.47 bits per heavy atom. The van der Waals surface area contributed by atoms with E-state index in [2.05, 4.69) is 5.32 Å². The molecule has 0 radical (unpaired) electrons. The zero-order chi connectivity index (χ0) is 12.3. The summed E-state index contributed by atoms with van der Waals surface area (Å²) in [5.41, 5.74) is 0.974. The van der Waals surface area contributed by atoms with Crippen LogP contribution in [0, 0.1) is 0 Å². The zero-order valence-corrected chi connectivity index (χ0v) is 10.5. The third kappa shape index (κ3) is 3.37. The molecule has 1 unspecified atom stereocenters. The summed E-state index contributed by atoms with van der Waals surface area (Å²) in [5.74, 6) is 0. The second kappa shape index (κ2) is 4.96. The number of ether oxygens (including phenoxy) is 1. The van der Waals surface area contributed by atoms with Crippen LogP contribution in [0.15, 0.2) is 30.3 Å². The fourth-order valence-corrected chi connectivity index (χ4v) is 1.77. The van der Waals surface area contributed by atoms with Crippen LogP contribution in [0.2, 0.25) is 0 Å². The Morgan fingerprint density at radius 2 is 2.12 bits per heavy atom. The third-order valence-corrected chi connectivity index (χ3v) is 3.76. The van der Waals surface area contributed by atoms with E-state index < -0.39 is 6.09 Å². The zero-order valence-electron chi connectivity index (χ0n) is 9.78. The molecule has 0 spiro atoms. The van der Waals surface area contributed by atoms with E-state index in [0.717, 1.165) is 18.4 Å². The topological polar surface area (TPSA) is 38.3 Å². The van der Waals surface area contributed by atoms with Crippen molar-refractivity contribution in [2.24, 2.45) is 0 Å². The second-order valence-electron chi connectivity index (χ2n) is 4.46. The van der Waals surface area contributed by atoms with Crippen molar-refractivity contribution in [1.29, 1.82) is 0 Å². The molecule has 4 heteroatoms. The second-order valence-corrected chi connectivity index (χ2v) is 5.22. The van der Waals surface area contributed by atoms with E-state index in [4.69, 9.17) is 16.3 Å². The monoisotopic (exact) mass is 253 g/mol. The molecule has 1 atom stereocenters. The molecule has 17 heavy (non-hydrogen) atoms. The SMILES string of the molecule is CC(NC(=O)OCc1ccccc1)C1(Cl)CC1. The van der Waals surface area contributed by atoms with E-state index in [1.807, 2.05) is 37.3 Å². The molecule has 0 saturated heterocycles. The maximum atomic E-state index is 11.5. The van der Waals surface area contributed by atoms with Gasteiger partial charge in [-0.15, -0.1) is 11.6 Å². The Hall–Kier alpha value is -1.22. The van der Waals surface area contributed by atoms with Crippen LogP contribution in [0.5, 0.6) is 0 Å². The molecular weight excluding hydrogens is 238 g/mol. The Labute approximate surface area is 106 Å². The molecule has 1 aromatic carbocycles. The number of hydrogen-bond acceptors (Lipinski definition) is 2. The van der Waals surface area contributed by atoms with Crippen molar-refractivity contribution >= 4 is 17.7 Å². The Kier molecular flexibility index (Phi) is 3.57. The van der Waals surface area contributed by atoms with Gasteiger partial charge in [-0.1, -0.05) is 30.3 Å². The highest BCUT2D eigenvalue weighted by Gasteiger charge is 2.46. The minimum atomic E-state index is -0.409. The normalized spacial score (nSPS) is 18.2. The summed E-state index contributed by atoms with van der Waals surface area (Å²) in [7, 11) is 0. The Morgan fingerprint density at radius 3 is 2.71 bits per heavy atom. The quantitative estimate of drug-likeness (QED) is 0.838. The predicted molar refractivity (Wildman–Crippen MR) is 67.0 cm³/mol. The molecule has 2 rings (SSSR count). The molecule has 0 bridgehead atoms. The molecule has 1 aromatic rings. The molecule has 1 N–H and O–H groups in total. The van der Waals surface area contributed by atoms with Gasteiger partial charge in [0.1, 0.15) is 6.61 Å². The van der Waals surface area contributed by atoms with E-state index in [1.54, 1.807) is 0 Å². The first-order valence-electron chi connectivity index (χ1n) is 5.76. The van der Waals surface area contributed by atoms with Crippen molar-refractivity contribution in [2.45, 2.75) is 37.3 Å². The van der Waals surface area contributed by atoms with E-state index in [1.165, 1.54) is 0 Å². The Bertz CT molecular complexity index is 390. The number of alkyl halides is 1. The van der Waals surface area contributed by atoms with E-state index in [-0.39, 0.29) is 17.5 Å². The molecule has 1 fully saturated rings. The number of carbonyl (C=O) groups excluding carboxylic acids is 1. The molecule has 92 valence electrons. The average Bonchev–Trinajstić information content (AvgIpc) is 3.07. The summed E-state index contributed by atoms with van der Waals surface area (Å²) in [6.45, 7) is 2.19. The van der Waals surface area contributed by atoms with Crippen LogP contribution in [0.4, 0.5) is 4.79 Å². The summed E-state index contributed by atoms with van der Waals surface area (Å²) in [6, 6.07) is 9.54. The molecule has 1 saturated carbocycles. The lowest BCUT2D eigenvalue weighted by atomic mass is 10.2. The van der Waals surface area contributed by atoms with Gasteiger partial charge >= 0.3 is 6.09 Å². The van der Waals surface area contributed by atoms with E-state index in [9.17, 15) is 4.79 Å². The van der Waals surface area contributed by atoms with E-state index in [0.29, 0.717) is 0 Å². The lowest BCUT2D eigenvalue weighted by Crippen LogP contribution is -2.40. The van der Waals surface area contributed by atoms with Crippen LogP contribution in [0.1, 0.15) is 25.3 Å². The largest absolute Gasteiger partial charge is 0.445 e. The van der Waals surface area contributed by atoms with Crippen LogP contribution in [0.3, 0.4) is 0 Å². The maximum absolute atomic E-state index is 11.5. The molecule has 3 nitrogen and oxygen atoms in total. The molecule has 1 aliphatic rings. The lowest BCUT2D eigenvalue weighted by Gasteiger charge is -2.18. The minimum Gasteiger partial charge on any atom is -0.445 e. The number of carbonyl (C=O) groups is 1. The number of alkyl carbamates (subject to hydrolysis) is 1. The van der Waals surface area contributed by atoms with Crippen LogP contribution >= 0.6 is 11.6 Å². The number of halogens is 1. The standard InChI is InChI=1S/C13H16ClNO2/c1-10(13(14)7-8-13)15-12(16)17-9-11-5-3-2-4-6-11/h2-6,10H,7-9H2,1H3,(H,15,16). The van der Waals surface area contributed by atoms with Gasteiger partial charge in [-0.05, 0) is 25.3 Å². The highest BCUT2D eigenvalue weighted by molar-refractivity contribution is 6.26. The first-order valence-corrected chi connectivity index (χ1v) is 6.14. The fraction of sp³-hybridized carbons (Fsp3) is 0.462. The molecule has 0 aliphatic heterocycles. The van der Waals surface area contributed by atoms with Crippen molar-refractivity contribution in [1.82, 2.24) is 5.32 Å². The van der Waals surface area contributed by atoms with Crippen molar-refractivity contribution in [3.05, 3.63) is 35.9 Å². The number of amides is 1. The van der Waals surface area contributed by atoms with Gasteiger partial charge < -0.3 is 10.1 Å². The maximum Gasteiger partial charge on any atom is 0.407 e. The van der Waals surface area contributed by atoms with Gasteiger partial charge in [0.25, 0.3) is 0 Å². The summed E-state index contributed by atoms with van der Waals surface area (Å²) >= 11 is 6.19. The molecule has 0 aromatic heterocycles. The van der Waals surface area contributed by atoms with Crippen LogP contribution in [0.25, 0.3) is 0 Å². The average molecular weight is 254 g/mol. The van der Waals surface area contributed by atoms with Gasteiger partial charge in [0, 0.05) is 6.04 Å². The summed E-state index contributed by atoms with van der Waals surface area (Å²) in [4.78, 5) is 11.3. The van der Waals surface area contributed by atoms with Gasteiger partial charge in [-0.2, -0.15) is 0 Å². The molecule has 1 amide bonds. The van der Waals surface area contributed by atoms with Gasteiger partial charge in [-0.3, -0.25) is 0 Å². The number of hydrogen-bond donors (Lipinski definition) is 1. The smallest absolute Gasteiger partial charge is 0.407 e. The summed E-state index contributed by atoms with van der Waals surface area (Å²) in [5, 5.41) is 2.76. The van der Waals surface area contributed by atoms with Crippen LogP contribution < -0.4 is 5.32 Å². The lowest BCUT2D eigenvalue weighted by molar-refractivity contribution is 0.135. The third-order valence-electron chi connectivity index (χ3n) is 3.05. The van der Waals surface area contributed by atoms with Crippen molar-refractivity contribution < 1.29 is 9.53 Å². The van der Waals surface area contributed by atoms with E-state index >= 15 is 0 Å². The Balaban J connectivity index is 1.74. The number of benzene rings is 1. The highest BCUT2D eigenvalue weighted by Crippen LogP contribution is 2.45. The molecule has 1 aliphatic carbocycles. The van der Waals surface area contributed by atoms with Crippen molar-refractivity contribution in [3.63, 3.8) is 0 Å². The number of nitrogens with one attached hydrogen (secondary N) is 1. The van der Waals surface area contributed by atoms with Gasteiger partial charge in [0.2, 0.25) is 0 Å². The first kappa shape index (κ1) is 12.2. The van der Waals surface area contributed by atoms with Gasteiger partial charge in [0.15, 0.2) is 0 Å². The fourth-order valence-electron chi connectivity index (χ4n) is 1.62. The minimum absolute atomic E-state index is 0.0487. The van der Waals surface area contributed by atoms with Crippen molar-refractivity contribution in [3.8, 4) is 0 Å². The molecular formula is C13H16ClNO2. The number of rotatable bonds is 4. The van der Waals surface area contributed by atoms with Crippen molar-refractivity contribution in [2.75, 3.05) is 0 Å². The molecule has 0 heterocycles. The van der Waals surface area contributed by atoms with Gasteiger partial charge in [0.05, 0.1) is 4.87 Å². The van der Waals surface area contributed by atoms with Crippen LogP contribution in [-0.2, 0) is 11.3 Å². The van der Waals surface area contributed by atoms with Crippen LogP contribution in [-0.4, -0.2) is 17.0 Å². The first-order chi connectivity index (χ1) is 8.10. The highest BCUT2D eigenvalue weighted by atomic mass is 35.5. The van der Waals surface area contributed by atoms with Gasteiger partial charge in [-0.25, -0.2) is 4.79 Å². The summed E-state index contributed by atoms with van der Waals surface area (Å²) < 4.78 is 5.11.